The number of hydrogen-bond acceptors (Lipinski definition) is 0. The molecule has 0 atom stereocenters. The van der Waals surface area contributed by atoms with Crippen LogP contribution in [0.3, 0.4) is 0 Å². The van der Waals surface area contributed by atoms with E-state index in [9.17, 15) is 0 Å². The third-order valence-corrected chi connectivity index (χ3v) is 1.21. The fraction of sp³-hybridized carbons (Fsp3) is 0.500. The molecule has 1 radical (unpaired) electrons. The third-order valence-electron chi connectivity index (χ3n) is 1.21. The number of rotatable bonds is 0. The normalized spacial score (nSPS) is 8.16. The summed E-state index contributed by atoms with van der Waals surface area (Å²) < 4.78 is 0. The quantitative estimate of drug-likeness (QED) is 0.382. The van der Waals surface area contributed by atoms with Crippen LogP contribution in [-0.2, 0) is 32.7 Å². The van der Waals surface area contributed by atoms with Crippen LogP contribution in [0.4, 0.5) is 0 Å². The Labute approximate surface area is 184 Å². The standard InChI is InChI=1S/2C6H5.3C4H10.Y/c2*1-2-4-6-5-3-1;3*1-4(2)3;/h2*1-5H;3*4H,1-3H3;/q2*-1;;;;. The first-order valence-corrected chi connectivity index (χ1v) is 9.02. The molecule has 0 nitrogen and oxygen atoms in total. The van der Waals surface area contributed by atoms with E-state index in [1.54, 1.807) is 0 Å². The van der Waals surface area contributed by atoms with Crippen molar-refractivity contribution in [2.75, 3.05) is 0 Å². The minimum atomic E-state index is 0. The van der Waals surface area contributed by atoms with Crippen LogP contribution in [0.5, 0.6) is 0 Å². The van der Waals surface area contributed by atoms with Crippen molar-refractivity contribution in [3.8, 4) is 0 Å². The molecule has 0 N–H and O–H groups in total. The zero-order valence-corrected chi connectivity index (χ0v) is 20.9. The van der Waals surface area contributed by atoms with Crippen LogP contribution in [0.1, 0.15) is 62.3 Å². The van der Waals surface area contributed by atoms with Crippen LogP contribution in [-0.4, -0.2) is 0 Å². The molecule has 141 valence electrons. The van der Waals surface area contributed by atoms with Crippen LogP contribution in [0.2, 0.25) is 0 Å². The van der Waals surface area contributed by atoms with E-state index in [0.717, 1.165) is 17.8 Å². The van der Waals surface area contributed by atoms with Crippen molar-refractivity contribution in [3.05, 3.63) is 72.8 Å². The number of benzene rings is 2. The van der Waals surface area contributed by atoms with Crippen molar-refractivity contribution in [2.45, 2.75) is 62.3 Å². The minimum Gasteiger partial charge on any atom is -0.184 e. The van der Waals surface area contributed by atoms with Crippen molar-refractivity contribution in [2.24, 2.45) is 17.8 Å². The molecule has 1 heteroatoms. The molecule has 0 heterocycles. The van der Waals surface area contributed by atoms with Gasteiger partial charge in [-0.15, -0.1) is 0 Å². The molecule has 25 heavy (non-hydrogen) atoms. The Morgan fingerprint density at radius 2 is 0.560 bits per heavy atom. The summed E-state index contributed by atoms with van der Waals surface area (Å²) in [6, 6.07) is 25.0. The van der Waals surface area contributed by atoms with Crippen molar-refractivity contribution >= 4 is 0 Å². The molecule has 0 unspecified atom stereocenters. The van der Waals surface area contributed by atoms with Gasteiger partial charge in [0.05, 0.1) is 0 Å². The summed E-state index contributed by atoms with van der Waals surface area (Å²) >= 11 is 0. The molecule has 0 aliphatic heterocycles. The Bertz CT molecular complexity index is 272. The third kappa shape index (κ3) is 82.0. The second-order valence-corrected chi connectivity index (χ2v) is 7.35. The van der Waals surface area contributed by atoms with Gasteiger partial charge in [0.15, 0.2) is 0 Å². The molecule has 0 fully saturated rings. The molecule has 0 amide bonds. The summed E-state index contributed by atoms with van der Waals surface area (Å²) in [6.45, 7) is 19.5. The average Bonchev–Trinajstić information content (AvgIpc) is 2.50. The fourth-order valence-corrected chi connectivity index (χ4v) is 0.684. The maximum atomic E-state index is 2.89. The molecule has 0 spiro atoms. The van der Waals surface area contributed by atoms with E-state index in [-0.39, 0.29) is 32.7 Å². The van der Waals surface area contributed by atoms with E-state index in [2.05, 4.69) is 74.4 Å². The Kier molecular flexibility index (Phi) is 36.6. The van der Waals surface area contributed by atoms with E-state index in [1.807, 2.05) is 60.7 Å². The van der Waals surface area contributed by atoms with Gasteiger partial charge in [-0.2, -0.15) is 72.8 Å². The summed E-state index contributed by atoms with van der Waals surface area (Å²) in [7, 11) is 0. The molecule has 0 aliphatic carbocycles. The van der Waals surface area contributed by atoms with Crippen LogP contribution < -0.4 is 0 Å². The summed E-state index contributed by atoms with van der Waals surface area (Å²) in [5.41, 5.74) is 0. The topological polar surface area (TPSA) is 0 Å². The van der Waals surface area contributed by atoms with Crippen LogP contribution in [0, 0.1) is 29.9 Å². The van der Waals surface area contributed by atoms with Gasteiger partial charge in [0, 0.05) is 32.7 Å². The van der Waals surface area contributed by atoms with E-state index < -0.39 is 0 Å². The van der Waals surface area contributed by atoms with Crippen molar-refractivity contribution in [1.29, 1.82) is 0 Å². The van der Waals surface area contributed by atoms with Crippen molar-refractivity contribution in [1.82, 2.24) is 0 Å². The largest absolute Gasteiger partial charge is 0.184 e. The predicted molar refractivity (Wildman–Crippen MR) is 112 cm³/mol. The van der Waals surface area contributed by atoms with Gasteiger partial charge in [0.1, 0.15) is 0 Å². The van der Waals surface area contributed by atoms with Crippen LogP contribution in [0.25, 0.3) is 0 Å². The summed E-state index contributed by atoms with van der Waals surface area (Å²) in [5.74, 6) is 2.50. The SMILES string of the molecule is CC(C)C.CC(C)C.CC(C)C.[Y].[c-]1ccccc1.[c-]1ccccc1. The van der Waals surface area contributed by atoms with Gasteiger partial charge in [0.2, 0.25) is 0 Å². The molecule has 0 saturated carbocycles. The molecule has 0 saturated heterocycles. The van der Waals surface area contributed by atoms with E-state index in [0.29, 0.717) is 0 Å². The Morgan fingerprint density at radius 3 is 0.600 bits per heavy atom. The van der Waals surface area contributed by atoms with Gasteiger partial charge in [-0.3, -0.25) is 0 Å². The molecule has 0 aromatic heterocycles. The van der Waals surface area contributed by atoms with E-state index in [1.165, 1.54) is 0 Å². The fourth-order valence-electron chi connectivity index (χ4n) is 0.684. The zero-order valence-electron chi connectivity index (χ0n) is 18.1. The minimum absolute atomic E-state index is 0. The monoisotopic (exact) mass is 417 g/mol. The van der Waals surface area contributed by atoms with Gasteiger partial charge in [-0.05, 0) is 17.8 Å². The molecule has 0 aliphatic rings. The average molecular weight is 417 g/mol. The Balaban J connectivity index is -0.000000111. The van der Waals surface area contributed by atoms with E-state index >= 15 is 0 Å². The molecule has 2 aromatic rings. The number of hydrogen-bond donors (Lipinski definition) is 0. The summed E-state index contributed by atoms with van der Waals surface area (Å²) in [4.78, 5) is 0. The first-order valence-electron chi connectivity index (χ1n) is 9.02. The van der Waals surface area contributed by atoms with Crippen LogP contribution in [0.15, 0.2) is 60.7 Å². The van der Waals surface area contributed by atoms with E-state index in [4.69, 9.17) is 0 Å². The zero-order chi connectivity index (χ0) is 19.2. The first-order chi connectivity index (χ1) is 11.2. The first kappa shape index (κ1) is 32.2. The Hall–Kier alpha value is -0.456. The molecule has 2 aromatic carbocycles. The van der Waals surface area contributed by atoms with Gasteiger partial charge < -0.3 is 0 Å². The predicted octanol–water partition coefficient (Wildman–Crippen LogP) is 7.96. The summed E-state index contributed by atoms with van der Waals surface area (Å²) in [6.07, 6.45) is 0. The van der Waals surface area contributed by atoms with Crippen molar-refractivity contribution in [3.63, 3.8) is 0 Å². The molecular formula is C24H40Y-2. The van der Waals surface area contributed by atoms with Gasteiger partial charge >= 0.3 is 0 Å². The smallest absolute Gasteiger partial charge is 0 e. The summed E-state index contributed by atoms with van der Waals surface area (Å²) in [5, 5.41) is 0. The molecule has 2 rings (SSSR count). The van der Waals surface area contributed by atoms with Crippen molar-refractivity contribution < 1.29 is 32.7 Å². The molecular weight excluding hydrogens is 377 g/mol. The molecule has 0 bridgehead atoms. The maximum Gasteiger partial charge on any atom is 0 e. The second kappa shape index (κ2) is 28.4. The van der Waals surface area contributed by atoms with Gasteiger partial charge in [-0.25, -0.2) is 0 Å². The maximum absolute atomic E-state index is 2.89. The van der Waals surface area contributed by atoms with Crippen LogP contribution >= 0.6 is 0 Å². The second-order valence-electron chi connectivity index (χ2n) is 7.35. The van der Waals surface area contributed by atoms with Gasteiger partial charge in [-0.1, -0.05) is 62.3 Å². The Morgan fingerprint density at radius 1 is 0.400 bits per heavy atom. The van der Waals surface area contributed by atoms with Gasteiger partial charge in [0.25, 0.3) is 0 Å².